The van der Waals surface area contributed by atoms with E-state index in [-0.39, 0.29) is 5.97 Å². The van der Waals surface area contributed by atoms with Gasteiger partial charge in [0.05, 0.1) is 25.9 Å². The number of hydrogen-bond acceptors (Lipinski definition) is 4. The average Bonchev–Trinajstić information content (AvgIpc) is 2.93. The molecule has 194 valence electrons. The summed E-state index contributed by atoms with van der Waals surface area (Å²) in [6, 6.07) is 19.6. The van der Waals surface area contributed by atoms with Gasteiger partial charge in [0.1, 0.15) is 17.3 Å². The summed E-state index contributed by atoms with van der Waals surface area (Å²) < 4.78 is 30.5. The monoisotopic (exact) mass is 510 g/mol. The molecule has 0 heterocycles. The van der Waals surface area contributed by atoms with Gasteiger partial charge in [-0.05, 0) is 99.3 Å². The molecule has 0 aliphatic carbocycles. The largest absolute Gasteiger partial charge is 0.497 e. The molecule has 0 amide bonds. The second-order valence-corrected chi connectivity index (χ2v) is 8.63. The number of methoxy groups -OCH3 is 1. The Morgan fingerprint density at radius 2 is 1.32 bits per heavy atom. The molecule has 3 aromatic rings. The number of benzene rings is 3. The van der Waals surface area contributed by atoms with E-state index in [2.05, 4.69) is 30.3 Å². The number of halogens is 1. The molecule has 4 nitrogen and oxygen atoms in total. The molecule has 0 aliphatic rings. The van der Waals surface area contributed by atoms with Crippen LogP contribution in [0.5, 0.6) is 11.5 Å². The molecule has 38 heavy (non-hydrogen) atoms. The van der Waals surface area contributed by atoms with Crippen LogP contribution in [0.2, 0.25) is 0 Å². The Balaban J connectivity index is 1.43. The Morgan fingerprint density at radius 3 is 1.92 bits per heavy atom. The van der Waals surface area contributed by atoms with Crippen LogP contribution in [0.25, 0.3) is 0 Å². The maximum absolute atomic E-state index is 14.5. The molecule has 0 N–H and O–H groups in total. The van der Waals surface area contributed by atoms with Crippen LogP contribution in [0.15, 0.2) is 78.9 Å². The van der Waals surface area contributed by atoms with E-state index in [0.717, 1.165) is 48.3 Å². The van der Waals surface area contributed by atoms with Gasteiger partial charge in [0.2, 0.25) is 0 Å². The number of carbonyl (C=O) groups is 1. The van der Waals surface area contributed by atoms with Gasteiger partial charge in [0, 0.05) is 22.3 Å². The van der Waals surface area contributed by atoms with Gasteiger partial charge >= 0.3 is 5.97 Å². The van der Waals surface area contributed by atoms with E-state index in [9.17, 15) is 9.18 Å². The Morgan fingerprint density at radius 1 is 0.763 bits per heavy atom. The highest BCUT2D eigenvalue weighted by molar-refractivity contribution is 5.86. The fraction of sp³-hybridized carbons (Fsp3) is 0.242. The van der Waals surface area contributed by atoms with Crippen molar-refractivity contribution >= 4 is 5.97 Å². The van der Waals surface area contributed by atoms with E-state index in [1.54, 1.807) is 26.2 Å². The molecule has 0 saturated heterocycles. The predicted molar refractivity (Wildman–Crippen MR) is 148 cm³/mol. The van der Waals surface area contributed by atoms with E-state index in [1.807, 2.05) is 48.5 Å². The fourth-order valence-electron chi connectivity index (χ4n) is 3.32. The highest BCUT2D eigenvalue weighted by atomic mass is 19.1. The summed E-state index contributed by atoms with van der Waals surface area (Å²) in [5.41, 5.74) is 2.91. The smallest absolute Gasteiger partial charge is 0.333 e. The van der Waals surface area contributed by atoms with E-state index in [0.29, 0.717) is 29.9 Å². The van der Waals surface area contributed by atoms with Crippen LogP contribution in [-0.4, -0.2) is 26.3 Å². The molecule has 0 aromatic heterocycles. The summed E-state index contributed by atoms with van der Waals surface area (Å²) >= 11 is 0. The third-order valence-corrected chi connectivity index (χ3v) is 5.50. The maximum Gasteiger partial charge on any atom is 0.333 e. The molecule has 5 heteroatoms. The first-order valence-electron chi connectivity index (χ1n) is 12.5. The van der Waals surface area contributed by atoms with Gasteiger partial charge in [-0.15, -0.1) is 0 Å². The van der Waals surface area contributed by atoms with E-state index in [4.69, 9.17) is 14.2 Å². The number of carbonyl (C=O) groups excluding carboxylic acids is 1. The van der Waals surface area contributed by atoms with Crippen LogP contribution in [0.4, 0.5) is 4.39 Å². The molecule has 0 atom stereocenters. The molecule has 0 fully saturated rings. The SMILES string of the molecule is C=C(C)C(=O)OCCCCCCOc1ccc(C#Cc2ccc(C#Cc3ccc(OC)cc3)c(F)c2)cc1. The minimum Gasteiger partial charge on any atom is -0.497 e. The van der Waals surface area contributed by atoms with Crippen molar-refractivity contribution in [3.63, 3.8) is 0 Å². The lowest BCUT2D eigenvalue weighted by atomic mass is 10.1. The third-order valence-electron chi connectivity index (χ3n) is 5.50. The number of ether oxygens (including phenoxy) is 3. The second kappa shape index (κ2) is 14.9. The Labute approximate surface area is 224 Å². The van der Waals surface area contributed by atoms with E-state index >= 15 is 0 Å². The maximum atomic E-state index is 14.5. The molecular formula is C33H31FO4. The van der Waals surface area contributed by atoms with Crippen LogP contribution in [0.1, 0.15) is 54.9 Å². The number of unbranched alkanes of at least 4 members (excludes halogenated alkanes) is 3. The molecule has 0 bridgehead atoms. The Hall–Kier alpha value is -4.48. The van der Waals surface area contributed by atoms with Gasteiger partial charge < -0.3 is 14.2 Å². The summed E-state index contributed by atoms with van der Waals surface area (Å²) in [7, 11) is 1.60. The highest BCUT2D eigenvalue weighted by Gasteiger charge is 2.02. The summed E-state index contributed by atoms with van der Waals surface area (Å²) in [6.07, 6.45) is 3.72. The fourth-order valence-corrected chi connectivity index (χ4v) is 3.32. The zero-order chi connectivity index (χ0) is 27.2. The first-order valence-corrected chi connectivity index (χ1v) is 12.5. The number of hydrogen-bond donors (Lipinski definition) is 0. The van der Waals surface area contributed by atoms with Crippen molar-refractivity contribution in [2.75, 3.05) is 20.3 Å². The summed E-state index contributed by atoms with van der Waals surface area (Å²) in [5, 5.41) is 0. The molecule has 0 spiro atoms. The minimum absolute atomic E-state index is 0.319. The summed E-state index contributed by atoms with van der Waals surface area (Å²) in [5.74, 6) is 12.7. The van der Waals surface area contributed by atoms with Crippen LogP contribution in [0, 0.1) is 29.5 Å². The van der Waals surface area contributed by atoms with E-state index < -0.39 is 5.82 Å². The topological polar surface area (TPSA) is 44.8 Å². The van der Waals surface area contributed by atoms with Crippen molar-refractivity contribution < 1.29 is 23.4 Å². The molecule has 0 unspecified atom stereocenters. The number of esters is 1. The molecule has 0 radical (unpaired) electrons. The van der Waals surface area contributed by atoms with Gasteiger partial charge in [-0.25, -0.2) is 9.18 Å². The van der Waals surface area contributed by atoms with Crippen LogP contribution in [-0.2, 0) is 9.53 Å². The zero-order valence-electron chi connectivity index (χ0n) is 21.8. The van der Waals surface area contributed by atoms with Gasteiger partial charge in [-0.3, -0.25) is 0 Å². The van der Waals surface area contributed by atoms with Gasteiger partial charge in [0.15, 0.2) is 0 Å². The van der Waals surface area contributed by atoms with Crippen molar-refractivity contribution in [3.8, 4) is 35.2 Å². The standard InChI is InChI=1S/C33H31FO4/c1-25(2)33(35)38-23-7-5-4-6-22-37-31-20-14-26(15-21-31)8-9-28-11-17-29(32(34)24-28)16-10-27-12-18-30(36-3)19-13-27/h11-15,17-21,24H,1,4-7,22-23H2,2-3H3. The minimum atomic E-state index is -0.408. The predicted octanol–water partition coefficient (Wildman–Crippen LogP) is 6.69. The highest BCUT2D eigenvalue weighted by Crippen LogP contribution is 2.14. The van der Waals surface area contributed by atoms with Crippen molar-refractivity contribution in [2.24, 2.45) is 0 Å². The lowest BCUT2D eigenvalue weighted by molar-refractivity contribution is -0.139. The van der Waals surface area contributed by atoms with Crippen molar-refractivity contribution in [1.82, 2.24) is 0 Å². The first-order chi connectivity index (χ1) is 18.4. The van der Waals surface area contributed by atoms with Crippen LogP contribution in [0.3, 0.4) is 0 Å². The average molecular weight is 511 g/mol. The normalized spacial score (nSPS) is 9.87. The summed E-state index contributed by atoms with van der Waals surface area (Å²) in [6.45, 7) is 6.23. The Kier molecular flexibility index (Phi) is 11.0. The van der Waals surface area contributed by atoms with Crippen molar-refractivity contribution in [1.29, 1.82) is 0 Å². The van der Waals surface area contributed by atoms with Crippen molar-refractivity contribution in [3.05, 3.63) is 107 Å². The summed E-state index contributed by atoms with van der Waals surface area (Å²) in [4.78, 5) is 11.3. The van der Waals surface area contributed by atoms with Crippen molar-refractivity contribution in [2.45, 2.75) is 32.6 Å². The molecule has 0 saturated carbocycles. The van der Waals surface area contributed by atoms with E-state index in [1.165, 1.54) is 6.07 Å². The molecule has 3 aromatic carbocycles. The quantitative estimate of drug-likeness (QED) is 0.132. The molecule has 0 aliphatic heterocycles. The molecular weight excluding hydrogens is 479 g/mol. The van der Waals surface area contributed by atoms with Crippen LogP contribution >= 0.6 is 0 Å². The second-order valence-electron chi connectivity index (χ2n) is 8.63. The zero-order valence-corrected chi connectivity index (χ0v) is 21.8. The van der Waals surface area contributed by atoms with Gasteiger partial charge in [-0.2, -0.15) is 0 Å². The van der Waals surface area contributed by atoms with Gasteiger partial charge in [0.25, 0.3) is 0 Å². The van der Waals surface area contributed by atoms with Gasteiger partial charge in [-0.1, -0.05) is 30.3 Å². The Bertz CT molecular complexity index is 1350. The molecule has 3 rings (SSSR count). The lowest BCUT2D eigenvalue weighted by Gasteiger charge is -2.07. The first kappa shape index (κ1) is 28.1. The van der Waals surface area contributed by atoms with Crippen LogP contribution < -0.4 is 9.47 Å². The number of rotatable bonds is 10. The third kappa shape index (κ3) is 9.52. The lowest BCUT2D eigenvalue weighted by Crippen LogP contribution is -2.06.